The fraction of sp³-hybridized carbons (Fsp3) is 0.333. The lowest BCUT2D eigenvalue weighted by Gasteiger charge is -2.04. The maximum Gasteiger partial charge on any atom is 0.132 e. The number of ether oxygens (including phenoxy) is 2. The van der Waals surface area contributed by atoms with E-state index in [1.165, 1.54) is 0 Å². The smallest absolute Gasteiger partial charge is 0.132 e. The van der Waals surface area contributed by atoms with Crippen LogP contribution in [-0.4, -0.2) is 19.3 Å². The highest BCUT2D eigenvalue weighted by Gasteiger charge is 2.23. The van der Waals surface area contributed by atoms with Crippen molar-refractivity contribution in [2.45, 2.75) is 6.10 Å². The van der Waals surface area contributed by atoms with E-state index >= 15 is 0 Å². The zero-order chi connectivity index (χ0) is 8.39. The van der Waals surface area contributed by atoms with E-state index in [-0.39, 0.29) is 0 Å². The van der Waals surface area contributed by atoms with Crippen LogP contribution in [0.2, 0.25) is 0 Å². The van der Waals surface area contributed by atoms with Gasteiger partial charge in [0.2, 0.25) is 0 Å². The van der Waals surface area contributed by atoms with E-state index in [9.17, 15) is 0 Å². The second kappa shape index (κ2) is 3.62. The van der Waals surface area contributed by atoms with E-state index in [2.05, 4.69) is 22.6 Å². The summed E-state index contributed by atoms with van der Waals surface area (Å²) in [6, 6.07) is 7.99. The molecule has 1 aliphatic rings. The summed E-state index contributed by atoms with van der Waals surface area (Å²) in [4.78, 5) is 0. The first kappa shape index (κ1) is 8.31. The number of halogens is 1. The lowest BCUT2D eigenvalue weighted by atomic mass is 10.3. The summed E-state index contributed by atoms with van der Waals surface area (Å²) in [6.07, 6.45) is 0.334. The van der Waals surface area contributed by atoms with Crippen molar-refractivity contribution in [3.63, 3.8) is 0 Å². The topological polar surface area (TPSA) is 21.8 Å². The lowest BCUT2D eigenvalue weighted by molar-refractivity contribution is 0.261. The zero-order valence-electron chi connectivity index (χ0n) is 6.50. The minimum Gasteiger partial charge on any atom is -0.490 e. The average molecular weight is 276 g/mol. The third-order valence-electron chi connectivity index (χ3n) is 1.66. The van der Waals surface area contributed by atoms with Gasteiger partial charge >= 0.3 is 0 Å². The molecule has 1 fully saturated rings. The molecule has 64 valence electrons. The lowest BCUT2D eigenvalue weighted by Crippen LogP contribution is -2.04. The van der Waals surface area contributed by atoms with Crippen molar-refractivity contribution in [1.82, 2.24) is 0 Å². The van der Waals surface area contributed by atoms with Crippen molar-refractivity contribution < 1.29 is 9.47 Å². The van der Waals surface area contributed by atoms with Crippen molar-refractivity contribution in [2.24, 2.45) is 0 Å². The zero-order valence-corrected chi connectivity index (χ0v) is 8.65. The summed E-state index contributed by atoms with van der Waals surface area (Å²) < 4.78 is 11.7. The van der Waals surface area contributed by atoms with Crippen molar-refractivity contribution in [2.75, 3.05) is 13.2 Å². The van der Waals surface area contributed by atoms with Crippen LogP contribution in [0, 0.1) is 3.57 Å². The van der Waals surface area contributed by atoms with Crippen LogP contribution in [0.15, 0.2) is 24.3 Å². The van der Waals surface area contributed by atoms with Gasteiger partial charge in [-0.25, -0.2) is 0 Å². The summed E-state index contributed by atoms with van der Waals surface area (Å²) >= 11 is 2.26. The Balaban J connectivity index is 1.96. The van der Waals surface area contributed by atoms with Crippen LogP contribution in [0.1, 0.15) is 0 Å². The predicted molar refractivity (Wildman–Crippen MR) is 54.4 cm³/mol. The van der Waals surface area contributed by atoms with Crippen LogP contribution in [0.5, 0.6) is 5.75 Å². The summed E-state index contributed by atoms with van der Waals surface area (Å²) in [6.45, 7) is 1.53. The van der Waals surface area contributed by atoms with Gasteiger partial charge in [-0.15, -0.1) is 0 Å². The number of rotatable bonds is 3. The highest BCUT2D eigenvalue weighted by molar-refractivity contribution is 14.1. The van der Waals surface area contributed by atoms with E-state index in [1.807, 2.05) is 24.3 Å². The number of benzene rings is 1. The number of hydrogen-bond acceptors (Lipinski definition) is 2. The molecule has 1 aromatic carbocycles. The Morgan fingerprint density at radius 2 is 2.25 bits per heavy atom. The summed E-state index contributed by atoms with van der Waals surface area (Å²) in [5.41, 5.74) is 0. The van der Waals surface area contributed by atoms with Gasteiger partial charge in [0.05, 0.1) is 10.2 Å². The quantitative estimate of drug-likeness (QED) is 0.622. The maximum absolute atomic E-state index is 5.53. The van der Waals surface area contributed by atoms with Crippen molar-refractivity contribution >= 4 is 22.6 Å². The van der Waals surface area contributed by atoms with Gasteiger partial charge in [0.1, 0.15) is 18.5 Å². The third-order valence-corrected chi connectivity index (χ3v) is 2.55. The van der Waals surface area contributed by atoms with Gasteiger partial charge in [-0.2, -0.15) is 0 Å². The molecule has 0 N–H and O–H groups in total. The van der Waals surface area contributed by atoms with Crippen molar-refractivity contribution in [3.8, 4) is 5.75 Å². The van der Waals surface area contributed by atoms with Crippen molar-refractivity contribution in [3.05, 3.63) is 27.8 Å². The Hall–Kier alpha value is -0.290. The van der Waals surface area contributed by atoms with Crippen LogP contribution in [-0.2, 0) is 4.74 Å². The molecule has 1 aromatic rings. The van der Waals surface area contributed by atoms with E-state index < -0.39 is 0 Å². The summed E-state index contributed by atoms with van der Waals surface area (Å²) in [5.74, 6) is 0.952. The van der Waals surface area contributed by atoms with Crippen LogP contribution in [0.25, 0.3) is 0 Å². The molecule has 0 aromatic heterocycles. The summed E-state index contributed by atoms with van der Waals surface area (Å²) in [5, 5.41) is 0. The van der Waals surface area contributed by atoms with Gasteiger partial charge in [0.25, 0.3) is 0 Å². The monoisotopic (exact) mass is 276 g/mol. The molecular formula is C9H9IO2. The van der Waals surface area contributed by atoms with Gasteiger partial charge in [-0.3, -0.25) is 0 Å². The molecule has 2 nitrogen and oxygen atoms in total. The minimum atomic E-state index is 0.334. The molecule has 1 atom stereocenters. The van der Waals surface area contributed by atoms with Gasteiger partial charge in [-0.1, -0.05) is 12.1 Å². The van der Waals surface area contributed by atoms with E-state index in [4.69, 9.17) is 9.47 Å². The Kier molecular flexibility index (Phi) is 2.51. The molecule has 1 heterocycles. The Morgan fingerprint density at radius 3 is 2.92 bits per heavy atom. The van der Waals surface area contributed by atoms with Gasteiger partial charge in [0.15, 0.2) is 0 Å². The highest BCUT2D eigenvalue weighted by atomic mass is 127. The SMILES string of the molecule is Ic1ccccc1OC[C@@H]1CO1. The van der Waals surface area contributed by atoms with Crippen LogP contribution in [0.3, 0.4) is 0 Å². The van der Waals surface area contributed by atoms with Gasteiger partial charge in [0, 0.05) is 0 Å². The van der Waals surface area contributed by atoms with Crippen molar-refractivity contribution in [1.29, 1.82) is 0 Å². The molecule has 1 aliphatic heterocycles. The molecule has 0 bridgehead atoms. The second-order valence-corrected chi connectivity index (χ2v) is 3.86. The molecular weight excluding hydrogens is 267 g/mol. The largest absolute Gasteiger partial charge is 0.490 e. The Labute approximate surface area is 85.0 Å². The maximum atomic E-state index is 5.53. The Morgan fingerprint density at radius 1 is 1.50 bits per heavy atom. The van der Waals surface area contributed by atoms with Crippen LogP contribution >= 0.6 is 22.6 Å². The van der Waals surface area contributed by atoms with E-state index in [0.29, 0.717) is 12.7 Å². The molecule has 0 amide bonds. The van der Waals surface area contributed by atoms with Gasteiger partial charge in [-0.05, 0) is 34.7 Å². The Bertz CT molecular complexity index is 271. The fourth-order valence-electron chi connectivity index (χ4n) is 0.909. The second-order valence-electron chi connectivity index (χ2n) is 2.70. The van der Waals surface area contributed by atoms with E-state index in [1.54, 1.807) is 0 Å². The highest BCUT2D eigenvalue weighted by Crippen LogP contribution is 2.21. The molecule has 1 saturated heterocycles. The standard InChI is InChI=1S/C9H9IO2/c10-8-3-1-2-4-9(8)12-6-7-5-11-7/h1-4,7H,5-6H2/t7-/m0/s1. The van der Waals surface area contributed by atoms with Crippen LogP contribution < -0.4 is 4.74 Å². The number of hydrogen-bond donors (Lipinski definition) is 0. The first-order chi connectivity index (χ1) is 5.86. The molecule has 0 radical (unpaired) electrons. The molecule has 3 heteroatoms. The fourth-order valence-corrected chi connectivity index (χ4v) is 1.45. The third kappa shape index (κ3) is 2.10. The van der Waals surface area contributed by atoms with Crippen LogP contribution in [0.4, 0.5) is 0 Å². The van der Waals surface area contributed by atoms with Gasteiger partial charge < -0.3 is 9.47 Å². The first-order valence-electron chi connectivity index (χ1n) is 3.85. The molecule has 0 saturated carbocycles. The first-order valence-corrected chi connectivity index (χ1v) is 4.93. The molecule has 12 heavy (non-hydrogen) atoms. The average Bonchev–Trinajstić information content (AvgIpc) is 2.86. The number of para-hydroxylation sites is 1. The minimum absolute atomic E-state index is 0.334. The summed E-state index contributed by atoms with van der Waals surface area (Å²) in [7, 11) is 0. The molecule has 0 unspecified atom stereocenters. The molecule has 0 aliphatic carbocycles. The normalized spacial score (nSPS) is 20.6. The molecule has 2 rings (SSSR count). The molecule has 0 spiro atoms. The predicted octanol–water partition coefficient (Wildman–Crippen LogP) is 2.07. The van der Waals surface area contributed by atoms with E-state index in [0.717, 1.165) is 15.9 Å². The number of epoxide rings is 1.